The second-order valence-electron chi connectivity index (χ2n) is 3.45. The van der Waals surface area contributed by atoms with Crippen LogP contribution in [-0.4, -0.2) is 5.91 Å². The third kappa shape index (κ3) is 3.21. The van der Waals surface area contributed by atoms with Gasteiger partial charge in [-0.1, -0.05) is 31.2 Å². The maximum Gasteiger partial charge on any atom is 0.220 e. The third-order valence-corrected chi connectivity index (χ3v) is 2.21. The van der Waals surface area contributed by atoms with Crippen molar-refractivity contribution < 1.29 is 4.79 Å². The fourth-order valence-electron chi connectivity index (χ4n) is 1.32. The van der Waals surface area contributed by atoms with Crippen molar-refractivity contribution in [2.45, 2.75) is 33.2 Å². The summed E-state index contributed by atoms with van der Waals surface area (Å²) in [5.41, 5.74) is 2.42. The predicted molar refractivity (Wildman–Crippen MR) is 57.9 cm³/mol. The van der Waals surface area contributed by atoms with Crippen LogP contribution in [0.25, 0.3) is 0 Å². The molecule has 0 aliphatic heterocycles. The van der Waals surface area contributed by atoms with E-state index in [-0.39, 0.29) is 5.91 Å². The molecule has 2 heteroatoms. The van der Waals surface area contributed by atoms with Crippen LogP contribution in [0.15, 0.2) is 24.3 Å². The predicted octanol–water partition coefficient (Wildman–Crippen LogP) is 2.41. The summed E-state index contributed by atoms with van der Waals surface area (Å²) in [6.07, 6.45) is 1.52. The zero-order chi connectivity index (χ0) is 10.4. The van der Waals surface area contributed by atoms with Gasteiger partial charge in [0.05, 0.1) is 0 Å². The van der Waals surface area contributed by atoms with Crippen LogP contribution < -0.4 is 5.32 Å². The van der Waals surface area contributed by atoms with E-state index in [1.165, 1.54) is 11.1 Å². The lowest BCUT2D eigenvalue weighted by atomic mass is 10.1. The molecule has 0 unspecified atom stereocenters. The highest BCUT2D eigenvalue weighted by atomic mass is 16.1. The van der Waals surface area contributed by atoms with E-state index in [0.717, 1.165) is 6.42 Å². The Morgan fingerprint density at radius 1 is 1.36 bits per heavy atom. The van der Waals surface area contributed by atoms with Crippen molar-refractivity contribution >= 4 is 5.91 Å². The molecule has 0 saturated carbocycles. The molecule has 2 nitrogen and oxygen atoms in total. The fourth-order valence-corrected chi connectivity index (χ4v) is 1.32. The highest BCUT2D eigenvalue weighted by Crippen LogP contribution is 2.06. The van der Waals surface area contributed by atoms with E-state index in [9.17, 15) is 4.79 Å². The van der Waals surface area contributed by atoms with Gasteiger partial charge in [0, 0.05) is 13.0 Å². The molecule has 0 atom stereocenters. The van der Waals surface area contributed by atoms with Crippen LogP contribution in [0.5, 0.6) is 0 Å². The van der Waals surface area contributed by atoms with Crippen LogP contribution in [0.2, 0.25) is 0 Å². The lowest BCUT2D eigenvalue weighted by molar-refractivity contribution is -0.121. The SMILES string of the molecule is CCCC(=O)NCc1ccccc1C. The van der Waals surface area contributed by atoms with Crippen LogP contribution in [0, 0.1) is 6.92 Å². The smallest absolute Gasteiger partial charge is 0.220 e. The Bertz CT molecular complexity index is 307. The maximum atomic E-state index is 11.2. The number of nitrogens with one attached hydrogen (secondary N) is 1. The molecular weight excluding hydrogens is 174 g/mol. The van der Waals surface area contributed by atoms with E-state index < -0.39 is 0 Å². The van der Waals surface area contributed by atoms with Gasteiger partial charge in [-0.3, -0.25) is 4.79 Å². The molecule has 0 radical (unpaired) electrons. The largest absolute Gasteiger partial charge is 0.352 e. The van der Waals surface area contributed by atoms with E-state index in [1.807, 2.05) is 25.1 Å². The van der Waals surface area contributed by atoms with Gasteiger partial charge in [0.2, 0.25) is 5.91 Å². The zero-order valence-electron chi connectivity index (χ0n) is 8.84. The number of amides is 1. The average molecular weight is 191 g/mol. The zero-order valence-corrected chi connectivity index (χ0v) is 8.84. The van der Waals surface area contributed by atoms with E-state index in [4.69, 9.17) is 0 Å². The van der Waals surface area contributed by atoms with Gasteiger partial charge in [-0.05, 0) is 24.5 Å². The Morgan fingerprint density at radius 2 is 2.07 bits per heavy atom. The molecule has 0 aromatic heterocycles. The molecule has 0 saturated heterocycles. The van der Waals surface area contributed by atoms with Gasteiger partial charge >= 0.3 is 0 Å². The maximum absolute atomic E-state index is 11.2. The summed E-state index contributed by atoms with van der Waals surface area (Å²) in [4.78, 5) is 11.2. The molecule has 76 valence electrons. The number of rotatable bonds is 4. The summed E-state index contributed by atoms with van der Waals surface area (Å²) in [5, 5.41) is 2.90. The summed E-state index contributed by atoms with van der Waals surface area (Å²) in [6.45, 7) is 4.71. The third-order valence-electron chi connectivity index (χ3n) is 2.21. The van der Waals surface area contributed by atoms with E-state index in [1.54, 1.807) is 0 Å². The van der Waals surface area contributed by atoms with Crippen LogP contribution in [0.1, 0.15) is 30.9 Å². The van der Waals surface area contributed by atoms with Gasteiger partial charge in [0.15, 0.2) is 0 Å². The normalized spacial score (nSPS) is 9.86. The molecule has 1 N–H and O–H groups in total. The molecular formula is C12H17NO. The number of hydrogen-bond acceptors (Lipinski definition) is 1. The molecule has 0 aliphatic carbocycles. The Hall–Kier alpha value is -1.31. The molecule has 1 amide bonds. The fraction of sp³-hybridized carbons (Fsp3) is 0.417. The first-order valence-corrected chi connectivity index (χ1v) is 5.05. The Morgan fingerprint density at radius 3 is 2.71 bits per heavy atom. The molecule has 1 aromatic rings. The van der Waals surface area contributed by atoms with Crippen molar-refractivity contribution in [3.05, 3.63) is 35.4 Å². The second kappa shape index (κ2) is 5.43. The molecule has 0 fully saturated rings. The van der Waals surface area contributed by atoms with Crippen LogP contribution in [-0.2, 0) is 11.3 Å². The van der Waals surface area contributed by atoms with E-state index in [0.29, 0.717) is 13.0 Å². The van der Waals surface area contributed by atoms with Gasteiger partial charge in [-0.2, -0.15) is 0 Å². The average Bonchev–Trinajstić information content (AvgIpc) is 2.17. The van der Waals surface area contributed by atoms with Crippen LogP contribution in [0.3, 0.4) is 0 Å². The van der Waals surface area contributed by atoms with Gasteiger partial charge in [0.1, 0.15) is 0 Å². The number of benzene rings is 1. The Balaban J connectivity index is 2.46. The first kappa shape index (κ1) is 10.8. The number of carbonyl (C=O) groups excluding carboxylic acids is 1. The first-order valence-electron chi connectivity index (χ1n) is 5.05. The minimum atomic E-state index is 0.135. The van der Waals surface area contributed by atoms with Crippen LogP contribution in [0.4, 0.5) is 0 Å². The van der Waals surface area contributed by atoms with Gasteiger partial charge in [-0.25, -0.2) is 0 Å². The molecule has 0 heterocycles. The van der Waals surface area contributed by atoms with E-state index in [2.05, 4.69) is 18.3 Å². The summed E-state index contributed by atoms with van der Waals surface area (Å²) < 4.78 is 0. The second-order valence-corrected chi connectivity index (χ2v) is 3.45. The standard InChI is InChI=1S/C12H17NO/c1-3-6-12(14)13-9-11-8-5-4-7-10(11)2/h4-5,7-8H,3,6,9H2,1-2H3,(H,13,14). The van der Waals surface area contributed by atoms with Gasteiger partial charge in [0.25, 0.3) is 0 Å². The first-order chi connectivity index (χ1) is 6.74. The lowest BCUT2D eigenvalue weighted by Gasteiger charge is -2.06. The topological polar surface area (TPSA) is 29.1 Å². The number of aryl methyl sites for hydroxylation is 1. The van der Waals surface area contributed by atoms with Gasteiger partial charge < -0.3 is 5.32 Å². The lowest BCUT2D eigenvalue weighted by Crippen LogP contribution is -2.22. The van der Waals surface area contributed by atoms with E-state index >= 15 is 0 Å². The van der Waals surface area contributed by atoms with Gasteiger partial charge in [-0.15, -0.1) is 0 Å². The minimum Gasteiger partial charge on any atom is -0.352 e. The van der Waals surface area contributed by atoms with Crippen molar-refractivity contribution in [3.63, 3.8) is 0 Å². The molecule has 0 bridgehead atoms. The van der Waals surface area contributed by atoms with Crippen molar-refractivity contribution in [3.8, 4) is 0 Å². The summed E-state index contributed by atoms with van der Waals surface area (Å²) >= 11 is 0. The molecule has 1 rings (SSSR count). The van der Waals surface area contributed by atoms with Crippen molar-refractivity contribution in [2.24, 2.45) is 0 Å². The van der Waals surface area contributed by atoms with Crippen molar-refractivity contribution in [1.29, 1.82) is 0 Å². The molecule has 0 spiro atoms. The summed E-state index contributed by atoms with van der Waals surface area (Å²) in [5.74, 6) is 0.135. The Kier molecular flexibility index (Phi) is 4.17. The van der Waals surface area contributed by atoms with Crippen molar-refractivity contribution in [2.75, 3.05) is 0 Å². The number of carbonyl (C=O) groups is 1. The highest BCUT2D eigenvalue weighted by Gasteiger charge is 2.00. The summed E-state index contributed by atoms with van der Waals surface area (Å²) in [7, 11) is 0. The quantitative estimate of drug-likeness (QED) is 0.778. The summed E-state index contributed by atoms with van der Waals surface area (Å²) in [6, 6.07) is 8.10. The molecule has 14 heavy (non-hydrogen) atoms. The number of hydrogen-bond donors (Lipinski definition) is 1. The van der Waals surface area contributed by atoms with Crippen molar-refractivity contribution in [1.82, 2.24) is 5.32 Å². The van der Waals surface area contributed by atoms with Crippen LogP contribution >= 0.6 is 0 Å². The highest BCUT2D eigenvalue weighted by molar-refractivity contribution is 5.75. The molecule has 1 aromatic carbocycles. The minimum absolute atomic E-state index is 0.135. The monoisotopic (exact) mass is 191 g/mol. The molecule has 0 aliphatic rings. The Labute approximate surface area is 85.3 Å².